The molecule has 0 unspecified atom stereocenters. The van der Waals surface area contributed by atoms with E-state index in [1.54, 1.807) is 0 Å². The van der Waals surface area contributed by atoms with Crippen molar-refractivity contribution in [2.45, 2.75) is 33.3 Å². The Balaban J connectivity index is 1.65. The summed E-state index contributed by atoms with van der Waals surface area (Å²) in [5.41, 5.74) is 10.3. The van der Waals surface area contributed by atoms with E-state index in [-0.39, 0.29) is 0 Å². The van der Waals surface area contributed by atoms with Crippen molar-refractivity contribution < 1.29 is 4.74 Å². The lowest BCUT2D eigenvalue weighted by atomic mass is 10.0. The van der Waals surface area contributed by atoms with Crippen LogP contribution in [0.4, 0.5) is 5.13 Å². The van der Waals surface area contributed by atoms with Crippen molar-refractivity contribution in [1.82, 2.24) is 4.98 Å². The third kappa shape index (κ3) is 3.77. The van der Waals surface area contributed by atoms with E-state index in [0.29, 0.717) is 17.7 Å². The Morgan fingerprint density at radius 1 is 1.04 bits per heavy atom. The van der Waals surface area contributed by atoms with Gasteiger partial charge in [-0.15, -0.1) is 11.3 Å². The molecule has 0 aliphatic heterocycles. The molecule has 0 saturated heterocycles. The number of ether oxygens (including phenoxy) is 1. The number of rotatable bonds is 5. The number of hydrogen-bond acceptors (Lipinski definition) is 4. The van der Waals surface area contributed by atoms with E-state index >= 15 is 0 Å². The number of aromatic nitrogens is 1. The van der Waals surface area contributed by atoms with Crippen LogP contribution < -0.4 is 10.5 Å². The van der Waals surface area contributed by atoms with E-state index in [1.807, 2.05) is 31.2 Å². The summed E-state index contributed by atoms with van der Waals surface area (Å²) in [6, 6.07) is 16.6. The number of nitrogens with two attached hydrogens (primary N) is 1. The largest absolute Gasteiger partial charge is 0.489 e. The highest BCUT2D eigenvalue weighted by Gasteiger charge is 2.08. The topological polar surface area (TPSA) is 48.1 Å². The van der Waals surface area contributed by atoms with Gasteiger partial charge in [-0.2, -0.15) is 0 Å². The molecule has 124 valence electrons. The van der Waals surface area contributed by atoms with Crippen molar-refractivity contribution in [2.24, 2.45) is 0 Å². The molecule has 4 heteroatoms. The number of thiazole rings is 1. The molecule has 3 nitrogen and oxygen atoms in total. The Hall–Kier alpha value is -2.33. The number of anilines is 1. The molecule has 0 aliphatic carbocycles. The number of benzene rings is 2. The van der Waals surface area contributed by atoms with E-state index in [4.69, 9.17) is 10.5 Å². The summed E-state index contributed by atoms with van der Waals surface area (Å²) < 4.78 is 5.88. The second-order valence-electron chi connectivity index (χ2n) is 6.17. The molecular weight excluding hydrogens is 316 g/mol. The predicted octanol–water partition coefficient (Wildman–Crippen LogP) is 5.40. The maximum Gasteiger partial charge on any atom is 0.180 e. The zero-order valence-electron chi connectivity index (χ0n) is 14.2. The van der Waals surface area contributed by atoms with Crippen molar-refractivity contribution in [1.29, 1.82) is 0 Å². The first-order valence-corrected chi connectivity index (χ1v) is 8.89. The quantitative estimate of drug-likeness (QED) is 0.677. The van der Waals surface area contributed by atoms with Gasteiger partial charge in [0.15, 0.2) is 5.13 Å². The van der Waals surface area contributed by atoms with Gasteiger partial charge in [0.2, 0.25) is 0 Å². The van der Waals surface area contributed by atoms with Crippen molar-refractivity contribution in [3.8, 4) is 17.0 Å². The van der Waals surface area contributed by atoms with Gasteiger partial charge in [0.25, 0.3) is 0 Å². The van der Waals surface area contributed by atoms with Gasteiger partial charge >= 0.3 is 0 Å². The second-order valence-corrected chi connectivity index (χ2v) is 7.40. The first-order valence-electron chi connectivity index (χ1n) is 8.08. The number of nitrogen functional groups attached to an aromatic ring is 1. The summed E-state index contributed by atoms with van der Waals surface area (Å²) in [5, 5.41) is 0.604. The van der Waals surface area contributed by atoms with Crippen LogP contribution in [0.5, 0.6) is 5.75 Å². The molecule has 3 rings (SSSR count). The van der Waals surface area contributed by atoms with Gasteiger partial charge in [-0.05, 0) is 48.2 Å². The summed E-state index contributed by atoms with van der Waals surface area (Å²) in [5.74, 6) is 1.41. The zero-order valence-corrected chi connectivity index (χ0v) is 15.1. The fraction of sp³-hybridized carbons (Fsp3) is 0.250. The normalized spacial score (nSPS) is 11.0. The van der Waals surface area contributed by atoms with Crippen LogP contribution in [0.3, 0.4) is 0 Å². The molecule has 0 saturated carbocycles. The first-order chi connectivity index (χ1) is 11.5. The SMILES string of the molecule is Cc1sc(N)nc1-c1ccc(OCc2ccc(C(C)C)cc2)cc1. The van der Waals surface area contributed by atoms with E-state index in [0.717, 1.165) is 21.9 Å². The third-order valence-corrected chi connectivity index (χ3v) is 4.79. The Labute approximate surface area is 147 Å². The molecule has 1 aromatic heterocycles. The number of aryl methyl sites for hydroxylation is 1. The lowest BCUT2D eigenvalue weighted by Gasteiger charge is -2.09. The second kappa shape index (κ2) is 7.05. The minimum atomic E-state index is 0.552. The van der Waals surface area contributed by atoms with Gasteiger partial charge in [0.05, 0.1) is 5.69 Å². The fourth-order valence-electron chi connectivity index (χ4n) is 2.56. The third-order valence-electron chi connectivity index (χ3n) is 3.99. The van der Waals surface area contributed by atoms with Gasteiger partial charge in [-0.25, -0.2) is 4.98 Å². The van der Waals surface area contributed by atoms with Crippen molar-refractivity contribution in [3.63, 3.8) is 0 Å². The average molecular weight is 338 g/mol. The molecule has 0 spiro atoms. The van der Waals surface area contributed by atoms with Crippen molar-refractivity contribution >= 4 is 16.5 Å². The van der Waals surface area contributed by atoms with Gasteiger partial charge in [0.1, 0.15) is 12.4 Å². The highest BCUT2D eigenvalue weighted by molar-refractivity contribution is 7.15. The number of nitrogens with zero attached hydrogens (tertiary/aromatic N) is 1. The lowest BCUT2D eigenvalue weighted by Crippen LogP contribution is -1.96. The van der Waals surface area contributed by atoms with Gasteiger partial charge in [-0.1, -0.05) is 38.1 Å². The molecule has 1 heterocycles. The molecule has 0 atom stereocenters. The summed E-state index contributed by atoms with van der Waals surface area (Å²) in [6.07, 6.45) is 0. The van der Waals surface area contributed by atoms with Crippen molar-refractivity contribution in [3.05, 3.63) is 64.5 Å². The average Bonchev–Trinajstić information content (AvgIpc) is 2.92. The molecule has 0 radical (unpaired) electrons. The molecule has 2 N–H and O–H groups in total. The maximum atomic E-state index is 5.88. The minimum absolute atomic E-state index is 0.552. The molecule has 0 amide bonds. The van der Waals surface area contributed by atoms with E-state index in [9.17, 15) is 0 Å². The smallest absolute Gasteiger partial charge is 0.180 e. The van der Waals surface area contributed by atoms with Crippen LogP contribution in [0.1, 0.15) is 35.8 Å². The van der Waals surface area contributed by atoms with Crippen LogP contribution in [-0.4, -0.2) is 4.98 Å². The first kappa shape index (κ1) is 16.5. The maximum absolute atomic E-state index is 5.88. The van der Waals surface area contributed by atoms with Gasteiger partial charge in [0, 0.05) is 10.4 Å². The van der Waals surface area contributed by atoms with E-state index < -0.39 is 0 Å². The van der Waals surface area contributed by atoms with E-state index in [2.05, 4.69) is 43.1 Å². The van der Waals surface area contributed by atoms with Crippen LogP contribution in [0.2, 0.25) is 0 Å². The Kier molecular flexibility index (Phi) is 4.86. The summed E-state index contributed by atoms with van der Waals surface area (Å²) in [4.78, 5) is 5.51. The van der Waals surface area contributed by atoms with Gasteiger partial charge < -0.3 is 10.5 Å². The minimum Gasteiger partial charge on any atom is -0.489 e. The van der Waals surface area contributed by atoms with Crippen LogP contribution in [0.25, 0.3) is 11.3 Å². The Morgan fingerprint density at radius 2 is 1.71 bits per heavy atom. The summed E-state index contributed by atoms with van der Waals surface area (Å²) in [7, 11) is 0. The summed E-state index contributed by atoms with van der Waals surface area (Å²) in [6.45, 7) is 7.00. The van der Waals surface area contributed by atoms with E-state index in [1.165, 1.54) is 22.5 Å². The molecule has 0 fully saturated rings. The van der Waals surface area contributed by atoms with Crippen molar-refractivity contribution in [2.75, 3.05) is 5.73 Å². The predicted molar refractivity (Wildman–Crippen MR) is 102 cm³/mol. The van der Waals surface area contributed by atoms with Crippen LogP contribution >= 0.6 is 11.3 Å². The highest BCUT2D eigenvalue weighted by Crippen LogP contribution is 2.30. The molecule has 0 bridgehead atoms. The highest BCUT2D eigenvalue weighted by atomic mass is 32.1. The standard InChI is InChI=1S/C20H22N2OS/c1-13(2)16-6-4-15(5-7-16)12-23-18-10-8-17(9-11-18)19-14(3)24-20(21)22-19/h4-11,13H,12H2,1-3H3,(H2,21,22). The van der Waals surface area contributed by atoms with Crippen LogP contribution in [0.15, 0.2) is 48.5 Å². The number of hydrogen-bond donors (Lipinski definition) is 1. The fourth-order valence-corrected chi connectivity index (χ4v) is 3.27. The molecular formula is C20H22N2OS. The zero-order chi connectivity index (χ0) is 17.1. The van der Waals surface area contributed by atoms with Crippen LogP contribution in [-0.2, 0) is 6.61 Å². The van der Waals surface area contributed by atoms with Crippen LogP contribution in [0, 0.1) is 6.92 Å². The lowest BCUT2D eigenvalue weighted by molar-refractivity contribution is 0.306. The Bertz CT molecular complexity index is 805. The molecule has 2 aromatic carbocycles. The molecule has 3 aromatic rings. The summed E-state index contributed by atoms with van der Waals surface area (Å²) >= 11 is 1.51. The monoisotopic (exact) mass is 338 g/mol. The molecule has 24 heavy (non-hydrogen) atoms. The van der Waals surface area contributed by atoms with Gasteiger partial charge in [-0.3, -0.25) is 0 Å². The molecule has 0 aliphatic rings. The Morgan fingerprint density at radius 3 is 2.25 bits per heavy atom.